The van der Waals surface area contributed by atoms with Gasteiger partial charge < -0.3 is 9.88 Å². The van der Waals surface area contributed by atoms with Crippen molar-refractivity contribution in [2.24, 2.45) is 7.05 Å². The number of piperidine rings is 1. The largest absolute Gasteiger partial charge is 0.331 e. The molecule has 3 heterocycles. The third-order valence-corrected chi connectivity index (χ3v) is 6.46. The van der Waals surface area contributed by atoms with Gasteiger partial charge in [0.2, 0.25) is 5.91 Å². The SMILES string of the molecule is CCc1nc(NC(=O)CN2CCCC(c3nc4ccccc4n3C)C2)sc1C. The molecule has 6 nitrogen and oxygen atoms in total. The summed E-state index contributed by atoms with van der Waals surface area (Å²) in [5, 5.41) is 3.69. The number of hydrogen-bond donors (Lipinski definition) is 1. The Morgan fingerprint density at radius 2 is 2.14 bits per heavy atom. The Bertz CT molecular complexity index is 992. The highest BCUT2D eigenvalue weighted by molar-refractivity contribution is 7.15. The van der Waals surface area contributed by atoms with Crippen LogP contribution in [0.1, 0.15) is 42.1 Å². The summed E-state index contributed by atoms with van der Waals surface area (Å²) in [6, 6.07) is 8.25. The number of amides is 1. The number of carbonyl (C=O) groups is 1. The summed E-state index contributed by atoms with van der Waals surface area (Å²) in [6.45, 7) is 6.36. The Hall–Kier alpha value is -2.25. The maximum atomic E-state index is 12.5. The van der Waals surface area contributed by atoms with E-state index >= 15 is 0 Å². The van der Waals surface area contributed by atoms with Crippen molar-refractivity contribution in [1.29, 1.82) is 0 Å². The Kier molecular flexibility index (Phi) is 5.46. The molecule has 0 spiro atoms. The highest BCUT2D eigenvalue weighted by Gasteiger charge is 2.26. The maximum Gasteiger partial charge on any atom is 0.240 e. The third-order valence-electron chi connectivity index (χ3n) is 5.53. The lowest BCUT2D eigenvalue weighted by Gasteiger charge is -2.31. The maximum absolute atomic E-state index is 12.5. The van der Waals surface area contributed by atoms with Crippen LogP contribution in [0.25, 0.3) is 11.0 Å². The molecular formula is C21H27N5OS. The first-order valence-electron chi connectivity index (χ1n) is 9.95. The Labute approximate surface area is 169 Å². The summed E-state index contributed by atoms with van der Waals surface area (Å²) in [4.78, 5) is 25.3. The fourth-order valence-electron chi connectivity index (χ4n) is 4.11. The van der Waals surface area contributed by atoms with Gasteiger partial charge in [-0.1, -0.05) is 19.1 Å². The van der Waals surface area contributed by atoms with Crippen LogP contribution < -0.4 is 5.32 Å². The predicted molar refractivity (Wildman–Crippen MR) is 114 cm³/mol. The summed E-state index contributed by atoms with van der Waals surface area (Å²) in [7, 11) is 2.09. The van der Waals surface area contributed by atoms with Crippen molar-refractivity contribution in [3.63, 3.8) is 0 Å². The topological polar surface area (TPSA) is 63.1 Å². The van der Waals surface area contributed by atoms with E-state index in [1.807, 2.05) is 6.07 Å². The first-order chi connectivity index (χ1) is 13.5. The summed E-state index contributed by atoms with van der Waals surface area (Å²) in [6.07, 6.45) is 3.09. The highest BCUT2D eigenvalue weighted by Crippen LogP contribution is 2.28. The smallest absolute Gasteiger partial charge is 0.240 e. The number of nitrogens with zero attached hydrogens (tertiary/aromatic N) is 4. The van der Waals surface area contributed by atoms with Crippen LogP contribution in [0.3, 0.4) is 0 Å². The summed E-state index contributed by atoms with van der Waals surface area (Å²) in [5.41, 5.74) is 3.28. The summed E-state index contributed by atoms with van der Waals surface area (Å²) in [5.74, 6) is 1.49. The number of rotatable bonds is 5. The highest BCUT2D eigenvalue weighted by atomic mass is 32.1. The van der Waals surface area contributed by atoms with E-state index < -0.39 is 0 Å². The molecule has 3 aromatic rings. The van der Waals surface area contributed by atoms with Crippen molar-refractivity contribution in [3.05, 3.63) is 40.7 Å². The van der Waals surface area contributed by atoms with Crippen molar-refractivity contribution in [1.82, 2.24) is 19.4 Å². The molecular weight excluding hydrogens is 370 g/mol. The molecule has 0 saturated carbocycles. The van der Waals surface area contributed by atoms with Gasteiger partial charge in [0.1, 0.15) is 5.82 Å². The Balaban J connectivity index is 1.41. The van der Waals surface area contributed by atoms with Crippen LogP contribution in [-0.2, 0) is 18.3 Å². The lowest BCUT2D eigenvalue weighted by Crippen LogP contribution is -2.40. The molecule has 7 heteroatoms. The number of anilines is 1. The van der Waals surface area contributed by atoms with E-state index in [-0.39, 0.29) is 5.91 Å². The van der Waals surface area contributed by atoms with E-state index in [0.29, 0.717) is 17.6 Å². The van der Waals surface area contributed by atoms with Crippen LogP contribution in [0.5, 0.6) is 0 Å². The molecule has 1 fully saturated rings. The summed E-state index contributed by atoms with van der Waals surface area (Å²) < 4.78 is 2.20. The van der Waals surface area contributed by atoms with Gasteiger partial charge >= 0.3 is 0 Å². The molecule has 0 bridgehead atoms. The second-order valence-corrected chi connectivity index (χ2v) is 8.72. The molecule has 1 unspecified atom stereocenters. The Morgan fingerprint density at radius 3 is 2.89 bits per heavy atom. The molecule has 148 valence electrons. The number of aromatic nitrogens is 3. The fourth-order valence-corrected chi connectivity index (χ4v) is 5.03. The second-order valence-electron chi connectivity index (χ2n) is 7.52. The van der Waals surface area contributed by atoms with Gasteiger partial charge in [-0.25, -0.2) is 9.97 Å². The van der Waals surface area contributed by atoms with Crippen LogP contribution in [0.4, 0.5) is 5.13 Å². The summed E-state index contributed by atoms with van der Waals surface area (Å²) >= 11 is 1.56. The van der Waals surface area contributed by atoms with E-state index in [1.54, 1.807) is 11.3 Å². The van der Waals surface area contributed by atoms with E-state index in [4.69, 9.17) is 4.98 Å². The molecule has 1 aromatic carbocycles. The van der Waals surface area contributed by atoms with Gasteiger partial charge in [0, 0.05) is 24.4 Å². The number of carbonyl (C=O) groups excluding carboxylic acids is 1. The number of nitrogens with one attached hydrogen (secondary N) is 1. The van der Waals surface area contributed by atoms with Crippen LogP contribution in [0, 0.1) is 6.92 Å². The van der Waals surface area contributed by atoms with Gasteiger partial charge in [0.15, 0.2) is 5.13 Å². The van der Waals surface area contributed by atoms with Gasteiger partial charge in [0.25, 0.3) is 0 Å². The number of para-hydroxylation sites is 2. The zero-order valence-corrected chi connectivity index (χ0v) is 17.6. The van der Waals surface area contributed by atoms with Crippen molar-refractivity contribution >= 4 is 33.4 Å². The lowest BCUT2D eigenvalue weighted by molar-refractivity contribution is -0.117. The van der Waals surface area contributed by atoms with E-state index in [1.165, 1.54) is 10.4 Å². The van der Waals surface area contributed by atoms with E-state index in [0.717, 1.165) is 49.4 Å². The molecule has 28 heavy (non-hydrogen) atoms. The third kappa shape index (κ3) is 3.82. The number of aryl methyl sites for hydroxylation is 3. The molecule has 1 saturated heterocycles. The monoisotopic (exact) mass is 397 g/mol. The van der Waals surface area contributed by atoms with E-state index in [2.05, 4.69) is 58.9 Å². The Morgan fingerprint density at radius 1 is 1.32 bits per heavy atom. The van der Waals surface area contributed by atoms with Crippen LogP contribution in [0.2, 0.25) is 0 Å². The standard InChI is InChI=1S/C21H27N5OS/c1-4-16-14(2)28-21(23-16)24-19(27)13-26-11-7-8-15(12-26)20-22-17-9-5-6-10-18(17)25(20)3/h5-6,9-10,15H,4,7-8,11-13H2,1-3H3,(H,23,24,27). The minimum Gasteiger partial charge on any atom is -0.331 e. The van der Waals surface area contributed by atoms with Crippen LogP contribution in [-0.4, -0.2) is 45.0 Å². The van der Waals surface area contributed by atoms with Crippen molar-refractivity contribution in [2.75, 3.05) is 25.0 Å². The minimum absolute atomic E-state index is 0.0158. The van der Waals surface area contributed by atoms with Gasteiger partial charge in [-0.2, -0.15) is 0 Å². The second kappa shape index (κ2) is 8.01. The molecule has 1 aliphatic rings. The molecule has 1 atom stereocenters. The van der Waals surface area contributed by atoms with Crippen molar-refractivity contribution in [3.8, 4) is 0 Å². The molecule has 4 rings (SSSR count). The van der Waals surface area contributed by atoms with Gasteiger partial charge in [-0.15, -0.1) is 11.3 Å². The average molecular weight is 398 g/mol. The fraction of sp³-hybridized carbons (Fsp3) is 0.476. The number of benzene rings is 1. The number of likely N-dealkylation sites (tertiary alicyclic amines) is 1. The first kappa shape index (κ1) is 19.1. The average Bonchev–Trinajstić information content (AvgIpc) is 3.21. The first-order valence-corrected chi connectivity index (χ1v) is 10.8. The number of thiazole rings is 1. The number of imidazole rings is 1. The molecule has 0 radical (unpaired) electrons. The van der Waals surface area contributed by atoms with Crippen LogP contribution in [0.15, 0.2) is 24.3 Å². The van der Waals surface area contributed by atoms with Gasteiger partial charge in [-0.3, -0.25) is 9.69 Å². The van der Waals surface area contributed by atoms with Crippen molar-refractivity contribution in [2.45, 2.75) is 39.0 Å². The molecule has 1 amide bonds. The minimum atomic E-state index is 0.0158. The lowest BCUT2D eigenvalue weighted by atomic mass is 9.97. The molecule has 1 aliphatic heterocycles. The number of hydrogen-bond acceptors (Lipinski definition) is 5. The number of fused-ring (bicyclic) bond motifs is 1. The van der Waals surface area contributed by atoms with Crippen molar-refractivity contribution < 1.29 is 4.79 Å². The van der Waals surface area contributed by atoms with Crippen LogP contribution >= 0.6 is 11.3 Å². The molecule has 2 aromatic heterocycles. The predicted octanol–water partition coefficient (Wildman–Crippen LogP) is 3.72. The quantitative estimate of drug-likeness (QED) is 0.713. The molecule has 0 aliphatic carbocycles. The van der Waals surface area contributed by atoms with E-state index in [9.17, 15) is 4.79 Å². The zero-order chi connectivity index (χ0) is 19.7. The normalized spacial score (nSPS) is 17.9. The molecule has 1 N–H and O–H groups in total. The van der Waals surface area contributed by atoms with Gasteiger partial charge in [-0.05, 0) is 44.9 Å². The zero-order valence-electron chi connectivity index (χ0n) is 16.7. The van der Waals surface area contributed by atoms with Gasteiger partial charge in [0.05, 0.1) is 23.3 Å².